The Kier molecular flexibility index (Phi) is 5.48. The summed E-state index contributed by atoms with van der Waals surface area (Å²) in [7, 11) is 0. The monoisotopic (exact) mass is 381 g/mol. The number of nitrogens with one attached hydrogen (secondary N) is 2. The van der Waals surface area contributed by atoms with E-state index in [9.17, 15) is 4.79 Å². The van der Waals surface area contributed by atoms with Crippen LogP contribution < -0.4 is 20.1 Å². The van der Waals surface area contributed by atoms with Crippen LogP contribution in [0.25, 0.3) is 0 Å². The summed E-state index contributed by atoms with van der Waals surface area (Å²) < 4.78 is 11.4. The van der Waals surface area contributed by atoms with Crippen LogP contribution in [0.1, 0.15) is 31.7 Å². The number of piperidine rings is 1. The van der Waals surface area contributed by atoms with E-state index in [1.165, 1.54) is 0 Å². The Morgan fingerprint density at radius 2 is 2.00 bits per heavy atom. The van der Waals surface area contributed by atoms with Crippen LogP contribution in [0, 0.1) is 11.3 Å². The van der Waals surface area contributed by atoms with Crippen molar-refractivity contribution in [1.82, 2.24) is 15.6 Å². The molecule has 0 bridgehead atoms. The number of ether oxygens (including phenoxy) is 2. The highest BCUT2D eigenvalue weighted by Gasteiger charge is 2.57. The van der Waals surface area contributed by atoms with Gasteiger partial charge in [0.1, 0.15) is 0 Å². The Morgan fingerprint density at radius 1 is 1.21 bits per heavy atom. The van der Waals surface area contributed by atoms with Crippen molar-refractivity contribution < 1.29 is 14.3 Å². The van der Waals surface area contributed by atoms with Crippen molar-refractivity contribution in [3.63, 3.8) is 0 Å². The molecule has 2 aromatic rings. The Balaban J connectivity index is 1.30. The second-order valence-electron chi connectivity index (χ2n) is 7.57. The minimum atomic E-state index is 0.174. The van der Waals surface area contributed by atoms with Gasteiger partial charge in [0.2, 0.25) is 11.8 Å². The van der Waals surface area contributed by atoms with Crippen LogP contribution in [-0.2, 0) is 11.3 Å². The minimum Gasteiger partial charge on any atom is -0.490 e. The molecular weight excluding hydrogens is 354 g/mol. The largest absolute Gasteiger partial charge is 0.490 e. The lowest BCUT2D eigenvalue weighted by molar-refractivity contribution is -0.123. The molecule has 1 aromatic heterocycles. The second kappa shape index (κ2) is 8.19. The summed E-state index contributed by atoms with van der Waals surface area (Å²) in [6, 6.07) is 11.3. The van der Waals surface area contributed by atoms with Gasteiger partial charge >= 0.3 is 0 Å². The van der Waals surface area contributed by atoms with Gasteiger partial charge in [-0.25, -0.2) is 4.98 Å². The lowest BCUT2D eigenvalue weighted by atomic mass is 9.92. The Morgan fingerprint density at radius 3 is 2.71 bits per heavy atom. The summed E-state index contributed by atoms with van der Waals surface area (Å²) in [5.41, 5.74) is 1.22. The first-order valence-corrected chi connectivity index (χ1v) is 10.0. The van der Waals surface area contributed by atoms with Crippen LogP contribution >= 0.6 is 0 Å². The van der Waals surface area contributed by atoms with Crippen molar-refractivity contribution in [2.45, 2.75) is 32.7 Å². The van der Waals surface area contributed by atoms with E-state index < -0.39 is 0 Å². The van der Waals surface area contributed by atoms with Gasteiger partial charge < -0.3 is 20.1 Å². The van der Waals surface area contributed by atoms with Crippen molar-refractivity contribution in [3.05, 3.63) is 48.2 Å². The molecule has 1 aliphatic carbocycles. The fraction of sp³-hybridized carbons (Fsp3) is 0.455. The van der Waals surface area contributed by atoms with Crippen molar-refractivity contribution >= 4 is 5.91 Å². The maximum atomic E-state index is 12.5. The number of para-hydroxylation sites is 2. The highest BCUT2D eigenvalue weighted by atomic mass is 16.5. The predicted molar refractivity (Wildman–Crippen MR) is 106 cm³/mol. The van der Waals surface area contributed by atoms with E-state index in [0.29, 0.717) is 30.5 Å². The molecule has 1 aliphatic heterocycles. The Bertz CT molecular complexity index is 816. The maximum absolute atomic E-state index is 12.5. The predicted octanol–water partition coefficient (Wildman–Crippen LogP) is 3.28. The smallest absolute Gasteiger partial charge is 0.223 e. The lowest BCUT2D eigenvalue weighted by Gasteiger charge is -2.23. The number of carbonyl (C=O) groups is 1. The number of aromatic nitrogens is 1. The molecule has 1 saturated heterocycles. The summed E-state index contributed by atoms with van der Waals surface area (Å²) in [5.74, 6) is 2.18. The van der Waals surface area contributed by atoms with E-state index >= 15 is 0 Å². The summed E-state index contributed by atoms with van der Waals surface area (Å²) >= 11 is 0. The summed E-state index contributed by atoms with van der Waals surface area (Å²) in [6.07, 6.45) is 5.00. The first-order chi connectivity index (χ1) is 13.7. The number of nitrogens with zero attached hydrogens (tertiary/aromatic N) is 1. The molecule has 6 heteroatoms. The topological polar surface area (TPSA) is 72.5 Å². The molecule has 1 amide bonds. The average molecular weight is 381 g/mol. The van der Waals surface area contributed by atoms with E-state index in [1.807, 2.05) is 43.3 Å². The molecule has 1 atom stereocenters. The molecule has 0 radical (unpaired) electrons. The zero-order chi connectivity index (χ0) is 19.4. The number of carbonyl (C=O) groups excluding carboxylic acids is 1. The number of hydrogen-bond donors (Lipinski definition) is 2. The molecule has 1 spiro atoms. The zero-order valence-corrected chi connectivity index (χ0v) is 16.2. The Labute approximate surface area is 165 Å². The summed E-state index contributed by atoms with van der Waals surface area (Å²) in [5, 5.41) is 6.44. The van der Waals surface area contributed by atoms with E-state index in [1.54, 1.807) is 6.20 Å². The SMILES string of the molecule is CCOc1ccccc1Oc1ccc(CNC(=O)C2CC23CCNCC3)cn1. The molecule has 1 unspecified atom stereocenters. The van der Waals surface area contributed by atoms with Gasteiger partial charge in [0.25, 0.3) is 0 Å². The number of benzene rings is 1. The van der Waals surface area contributed by atoms with Crippen LogP contribution in [0.3, 0.4) is 0 Å². The molecule has 1 aromatic carbocycles. The van der Waals surface area contributed by atoms with Crippen LogP contribution in [-0.4, -0.2) is 30.6 Å². The van der Waals surface area contributed by atoms with E-state index in [2.05, 4.69) is 15.6 Å². The molecule has 1 saturated carbocycles. The zero-order valence-electron chi connectivity index (χ0n) is 16.2. The summed E-state index contributed by atoms with van der Waals surface area (Å²) in [6.45, 7) is 5.06. The van der Waals surface area contributed by atoms with Gasteiger partial charge in [-0.1, -0.05) is 18.2 Å². The maximum Gasteiger partial charge on any atom is 0.223 e. The van der Waals surface area contributed by atoms with Gasteiger partial charge in [0.15, 0.2) is 11.5 Å². The van der Waals surface area contributed by atoms with Gasteiger partial charge in [0, 0.05) is 24.7 Å². The van der Waals surface area contributed by atoms with Gasteiger partial charge in [-0.15, -0.1) is 0 Å². The van der Waals surface area contributed by atoms with Crippen molar-refractivity contribution in [2.24, 2.45) is 11.3 Å². The fourth-order valence-electron chi connectivity index (χ4n) is 4.01. The molecular formula is C22H27N3O3. The standard InChI is InChI=1S/C22H27N3O3/c1-2-27-18-5-3-4-6-19(18)28-20-8-7-16(14-24-20)15-25-21(26)17-13-22(17)9-11-23-12-10-22/h3-8,14,17,23H,2,9-13,15H2,1H3,(H,25,26). The van der Waals surface area contributed by atoms with Crippen LogP contribution in [0.15, 0.2) is 42.6 Å². The van der Waals surface area contributed by atoms with Gasteiger partial charge in [-0.3, -0.25) is 4.79 Å². The molecule has 2 fully saturated rings. The quantitative estimate of drug-likeness (QED) is 0.770. The second-order valence-corrected chi connectivity index (χ2v) is 7.57. The Hall–Kier alpha value is -2.60. The third-order valence-corrected chi connectivity index (χ3v) is 5.73. The number of pyridine rings is 1. The highest BCUT2D eigenvalue weighted by Crippen LogP contribution is 2.58. The van der Waals surface area contributed by atoms with Crippen molar-refractivity contribution in [3.8, 4) is 17.4 Å². The first kappa shape index (κ1) is 18.7. The number of rotatable bonds is 7. The average Bonchev–Trinajstić information content (AvgIpc) is 3.42. The first-order valence-electron chi connectivity index (χ1n) is 10.0. The molecule has 6 nitrogen and oxygen atoms in total. The number of hydrogen-bond acceptors (Lipinski definition) is 5. The van der Waals surface area contributed by atoms with Crippen molar-refractivity contribution in [2.75, 3.05) is 19.7 Å². The molecule has 2 heterocycles. The van der Waals surface area contributed by atoms with Gasteiger partial charge in [-0.2, -0.15) is 0 Å². The fourth-order valence-corrected chi connectivity index (χ4v) is 4.01. The van der Waals surface area contributed by atoms with Gasteiger partial charge in [0.05, 0.1) is 6.61 Å². The minimum absolute atomic E-state index is 0.174. The molecule has 2 aliphatic rings. The van der Waals surface area contributed by atoms with E-state index in [4.69, 9.17) is 9.47 Å². The van der Waals surface area contributed by atoms with E-state index in [0.717, 1.165) is 37.9 Å². The summed E-state index contributed by atoms with van der Waals surface area (Å²) in [4.78, 5) is 16.8. The third kappa shape index (κ3) is 4.12. The van der Waals surface area contributed by atoms with Gasteiger partial charge in [-0.05, 0) is 62.4 Å². The highest BCUT2D eigenvalue weighted by molar-refractivity contribution is 5.82. The molecule has 28 heavy (non-hydrogen) atoms. The molecule has 4 rings (SSSR count). The molecule has 148 valence electrons. The normalized spacial score (nSPS) is 19.8. The molecule has 2 N–H and O–H groups in total. The third-order valence-electron chi connectivity index (χ3n) is 5.73. The van der Waals surface area contributed by atoms with Crippen LogP contribution in [0.5, 0.6) is 17.4 Å². The lowest BCUT2D eigenvalue weighted by Crippen LogP contribution is -2.33. The van der Waals surface area contributed by atoms with Crippen LogP contribution in [0.4, 0.5) is 0 Å². The number of amides is 1. The van der Waals surface area contributed by atoms with E-state index in [-0.39, 0.29) is 17.2 Å². The van der Waals surface area contributed by atoms with Crippen molar-refractivity contribution in [1.29, 1.82) is 0 Å². The van der Waals surface area contributed by atoms with Crippen LogP contribution in [0.2, 0.25) is 0 Å².